The van der Waals surface area contributed by atoms with Gasteiger partial charge in [-0.3, -0.25) is 9.69 Å². The van der Waals surface area contributed by atoms with Crippen molar-refractivity contribution in [2.75, 3.05) is 32.7 Å². The molecule has 0 bridgehead atoms. The van der Waals surface area contributed by atoms with E-state index in [1.165, 1.54) is 0 Å². The Morgan fingerprint density at radius 3 is 2.68 bits per heavy atom. The number of alkyl halides is 2. The van der Waals surface area contributed by atoms with Crippen molar-refractivity contribution in [1.82, 2.24) is 15.1 Å². The van der Waals surface area contributed by atoms with E-state index in [9.17, 15) is 13.6 Å². The van der Waals surface area contributed by atoms with Crippen molar-refractivity contribution in [2.45, 2.75) is 38.3 Å². The zero-order chi connectivity index (χ0) is 13.1. The Balaban J connectivity index is 0.00000180. The maximum absolute atomic E-state index is 12.3. The van der Waals surface area contributed by atoms with Crippen LogP contribution in [0.5, 0.6) is 0 Å². The van der Waals surface area contributed by atoms with Crippen molar-refractivity contribution in [2.24, 2.45) is 0 Å². The summed E-state index contributed by atoms with van der Waals surface area (Å²) in [5, 5.41) is 3.19. The summed E-state index contributed by atoms with van der Waals surface area (Å²) in [7, 11) is 0. The first kappa shape index (κ1) is 16.6. The summed E-state index contributed by atoms with van der Waals surface area (Å²) in [6.45, 7) is 4.30. The van der Waals surface area contributed by atoms with Crippen LogP contribution in [0, 0.1) is 0 Å². The number of nitrogens with zero attached hydrogens (tertiary/aromatic N) is 2. The van der Waals surface area contributed by atoms with Crippen LogP contribution in [0.4, 0.5) is 8.78 Å². The first-order valence-corrected chi connectivity index (χ1v) is 6.62. The van der Waals surface area contributed by atoms with Gasteiger partial charge in [0.2, 0.25) is 5.91 Å². The van der Waals surface area contributed by atoms with Crippen molar-refractivity contribution < 1.29 is 13.6 Å². The molecule has 0 saturated carbocycles. The maximum atomic E-state index is 12.3. The summed E-state index contributed by atoms with van der Waals surface area (Å²) < 4.78 is 24.6. The molecule has 2 aliphatic rings. The monoisotopic (exact) mass is 297 g/mol. The predicted octanol–water partition coefficient (Wildman–Crippen LogP) is 0.958. The zero-order valence-corrected chi connectivity index (χ0v) is 12.0. The normalized spacial score (nSPS) is 28.5. The number of nitrogens with one attached hydrogen (secondary N) is 1. The smallest absolute Gasteiger partial charge is 0.251 e. The molecule has 7 heteroatoms. The van der Waals surface area contributed by atoms with E-state index in [2.05, 4.69) is 5.32 Å². The van der Waals surface area contributed by atoms with E-state index >= 15 is 0 Å². The Labute approximate surface area is 118 Å². The van der Waals surface area contributed by atoms with Gasteiger partial charge in [0, 0.05) is 25.7 Å². The van der Waals surface area contributed by atoms with Gasteiger partial charge >= 0.3 is 0 Å². The van der Waals surface area contributed by atoms with Crippen molar-refractivity contribution >= 4 is 18.3 Å². The van der Waals surface area contributed by atoms with E-state index in [1.807, 2.05) is 11.8 Å². The number of halogens is 3. The molecular formula is C12H22ClF2N3O. The van der Waals surface area contributed by atoms with Gasteiger partial charge < -0.3 is 10.2 Å². The number of carbonyl (C=O) groups is 1. The molecule has 4 nitrogen and oxygen atoms in total. The summed E-state index contributed by atoms with van der Waals surface area (Å²) >= 11 is 0. The highest BCUT2D eigenvalue weighted by Crippen LogP contribution is 2.15. The fourth-order valence-electron chi connectivity index (χ4n) is 2.82. The summed E-state index contributed by atoms with van der Waals surface area (Å²) in [4.78, 5) is 15.8. The molecule has 2 rings (SSSR count). The zero-order valence-electron chi connectivity index (χ0n) is 11.1. The van der Waals surface area contributed by atoms with Crippen molar-refractivity contribution in [3.8, 4) is 0 Å². The Morgan fingerprint density at radius 2 is 2.16 bits per heavy atom. The minimum absolute atomic E-state index is 0. The summed E-state index contributed by atoms with van der Waals surface area (Å²) in [6, 6.07) is -0.0403. The highest BCUT2D eigenvalue weighted by Gasteiger charge is 2.33. The fraction of sp³-hybridized carbons (Fsp3) is 0.917. The quantitative estimate of drug-likeness (QED) is 0.843. The molecule has 0 aromatic rings. The molecule has 1 N–H and O–H groups in total. The van der Waals surface area contributed by atoms with Crippen LogP contribution in [0.25, 0.3) is 0 Å². The van der Waals surface area contributed by atoms with Crippen LogP contribution in [0.1, 0.15) is 19.8 Å². The van der Waals surface area contributed by atoms with Gasteiger partial charge in [-0.15, -0.1) is 12.4 Å². The van der Waals surface area contributed by atoms with Gasteiger partial charge in [-0.05, 0) is 26.3 Å². The molecule has 0 unspecified atom stereocenters. The first-order chi connectivity index (χ1) is 8.58. The molecule has 2 aliphatic heterocycles. The van der Waals surface area contributed by atoms with E-state index in [1.54, 1.807) is 4.90 Å². The molecule has 112 valence electrons. The molecule has 0 spiro atoms. The molecule has 1 amide bonds. The van der Waals surface area contributed by atoms with Gasteiger partial charge in [-0.1, -0.05) is 0 Å². The number of carbonyl (C=O) groups excluding carboxylic acids is 1. The summed E-state index contributed by atoms with van der Waals surface area (Å²) in [5.74, 6) is 0.136. The third-order valence-electron chi connectivity index (χ3n) is 3.75. The Morgan fingerprint density at radius 1 is 1.42 bits per heavy atom. The van der Waals surface area contributed by atoms with Crippen molar-refractivity contribution in [3.63, 3.8) is 0 Å². The Hall–Kier alpha value is -0.460. The molecule has 0 radical (unpaired) electrons. The average Bonchev–Trinajstić information content (AvgIpc) is 2.80. The standard InChI is InChI=1S/C12H21F2N3O.ClH/c1-9-7-16(8-11(13)14)5-6-17(9)12(18)10-3-2-4-15-10;/h9-11,15H,2-8H2,1H3;1H/t9-,10+;/m1./s1. The number of hydrogen-bond acceptors (Lipinski definition) is 3. The van der Waals surface area contributed by atoms with E-state index in [-0.39, 0.29) is 36.9 Å². The predicted molar refractivity (Wildman–Crippen MR) is 71.9 cm³/mol. The maximum Gasteiger partial charge on any atom is 0.251 e. The van der Waals surface area contributed by atoms with Gasteiger partial charge in [0.15, 0.2) is 0 Å². The van der Waals surface area contributed by atoms with Crippen molar-refractivity contribution in [3.05, 3.63) is 0 Å². The van der Waals surface area contributed by atoms with E-state index in [0.29, 0.717) is 19.6 Å². The van der Waals surface area contributed by atoms with Crippen LogP contribution >= 0.6 is 12.4 Å². The van der Waals surface area contributed by atoms with Crippen LogP contribution in [0.2, 0.25) is 0 Å². The topological polar surface area (TPSA) is 35.6 Å². The Kier molecular flexibility index (Phi) is 6.42. The minimum atomic E-state index is -2.30. The molecule has 2 fully saturated rings. The van der Waals surface area contributed by atoms with Crippen LogP contribution < -0.4 is 5.32 Å². The fourth-order valence-corrected chi connectivity index (χ4v) is 2.82. The SMILES string of the molecule is C[C@@H]1CN(CC(F)F)CCN1C(=O)[C@@H]1CCCN1.Cl. The molecule has 19 heavy (non-hydrogen) atoms. The van der Waals surface area contributed by atoms with Crippen LogP contribution in [-0.2, 0) is 4.79 Å². The summed E-state index contributed by atoms with van der Waals surface area (Å²) in [5.41, 5.74) is 0. The molecule has 0 aromatic carbocycles. The summed E-state index contributed by atoms with van der Waals surface area (Å²) in [6.07, 6.45) is -0.366. The number of amides is 1. The lowest BCUT2D eigenvalue weighted by molar-refractivity contribution is -0.137. The number of rotatable bonds is 3. The molecular weight excluding hydrogens is 276 g/mol. The lowest BCUT2D eigenvalue weighted by atomic mass is 10.1. The minimum Gasteiger partial charge on any atom is -0.336 e. The number of piperazine rings is 1. The second-order valence-electron chi connectivity index (χ2n) is 5.18. The average molecular weight is 298 g/mol. The first-order valence-electron chi connectivity index (χ1n) is 6.62. The molecule has 2 atom stereocenters. The molecule has 2 saturated heterocycles. The highest BCUT2D eigenvalue weighted by molar-refractivity contribution is 5.85. The van der Waals surface area contributed by atoms with E-state index in [4.69, 9.17) is 0 Å². The van der Waals surface area contributed by atoms with E-state index < -0.39 is 6.43 Å². The van der Waals surface area contributed by atoms with Crippen LogP contribution in [0.15, 0.2) is 0 Å². The van der Waals surface area contributed by atoms with Gasteiger partial charge in [-0.2, -0.15) is 0 Å². The molecule has 0 aromatic heterocycles. The van der Waals surface area contributed by atoms with Crippen LogP contribution in [0.3, 0.4) is 0 Å². The third kappa shape index (κ3) is 4.26. The number of hydrogen-bond donors (Lipinski definition) is 1. The van der Waals surface area contributed by atoms with Gasteiger partial charge in [0.25, 0.3) is 6.43 Å². The third-order valence-corrected chi connectivity index (χ3v) is 3.75. The lowest BCUT2D eigenvalue weighted by Gasteiger charge is -2.40. The van der Waals surface area contributed by atoms with Crippen LogP contribution in [-0.4, -0.2) is 66.9 Å². The largest absolute Gasteiger partial charge is 0.336 e. The van der Waals surface area contributed by atoms with Crippen molar-refractivity contribution in [1.29, 1.82) is 0 Å². The molecule has 0 aliphatic carbocycles. The second kappa shape index (κ2) is 7.36. The lowest BCUT2D eigenvalue weighted by Crippen LogP contribution is -2.57. The van der Waals surface area contributed by atoms with Gasteiger partial charge in [0.1, 0.15) is 0 Å². The highest BCUT2D eigenvalue weighted by atomic mass is 35.5. The van der Waals surface area contributed by atoms with E-state index in [0.717, 1.165) is 19.4 Å². The molecule has 2 heterocycles. The second-order valence-corrected chi connectivity index (χ2v) is 5.18. The Bertz CT molecular complexity index is 301. The van der Waals surface area contributed by atoms with Gasteiger partial charge in [0.05, 0.1) is 12.6 Å². The van der Waals surface area contributed by atoms with Gasteiger partial charge in [-0.25, -0.2) is 8.78 Å².